The molecule has 2 aromatic rings. The highest BCUT2D eigenvalue weighted by Gasteiger charge is 2.54. The van der Waals surface area contributed by atoms with Crippen LogP contribution in [-0.4, -0.2) is 40.7 Å². The van der Waals surface area contributed by atoms with Crippen molar-refractivity contribution < 1.29 is 14.4 Å². The van der Waals surface area contributed by atoms with Crippen LogP contribution in [0.2, 0.25) is 0 Å². The third-order valence-corrected chi connectivity index (χ3v) is 6.43. The van der Waals surface area contributed by atoms with Crippen LogP contribution in [-0.2, 0) is 28.1 Å². The highest BCUT2D eigenvalue weighted by Crippen LogP contribution is 2.39. The molecule has 1 N–H and O–H groups in total. The van der Waals surface area contributed by atoms with Gasteiger partial charge < -0.3 is 10.2 Å². The van der Waals surface area contributed by atoms with E-state index in [0.29, 0.717) is 19.5 Å². The second kappa shape index (κ2) is 7.83. The molecular weight excluding hydrogens is 386 g/mol. The van der Waals surface area contributed by atoms with E-state index >= 15 is 0 Å². The molecule has 2 aliphatic rings. The summed E-state index contributed by atoms with van der Waals surface area (Å²) in [5.41, 5.74) is 0.871. The smallest absolute Gasteiger partial charge is 0.325 e. The minimum atomic E-state index is -1.05. The summed E-state index contributed by atoms with van der Waals surface area (Å²) in [6.07, 6.45) is 3.89. The van der Waals surface area contributed by atoms with E-state index in [1.54, 1.807) is 22.3 Å². The largest absolute Gasteiger partial charge is 0.332 e. The number of urea groups is 1. The van der Waals surface area contributed by atoms with Crippen LogP contribution in [0.4, 0.5) is 4.79 Å². The first-order valence-corrected chi connectivity index (χ1v) is 10.6. The normalized spacial score (nSPS) is 20.5. The van der Waals surface area contributed by atoms with Crippen LogP contribution in [0, 0.1) is 0 Å². The van der Waals surface area contributed by atoms with Crippen molar-refractivity contribution in [3.63, 3.8) is 0 Å². The summed E-state index contributed by atoms with van der Waals surface area (Å²) in [5, 5.41) is 4.85. The van der Waals surface area contributed by atoms with Gasteiger partial charge in [0.05, 0.1) is 6.54 Å². The second-order valence-electron chi connectivity index (χ2n) is 7.38. The predicted molar refractivity (Wildman–Crippen MR) is 111 cm³/mol. The minimum absolute atomic E-state index is 0.270. The van der Waals surface area contributed by atoms with Gasteiger partial charge in [0, 0.05) is 11.4 Å². The zero-order valence-electron chi connectivity index (χ0n) is 16.1. The lowest BCUT2D eigenvalue weighted by Crippen LogP contribution is -2.47. The first kappa shape index (κ1) is 19.4. The van der Waals surface area contributed by atoms with Gasteiger partial charge >= 0.3 is 6.03 Å². The highest BCUT2D eigenvalue weighted by molar-refractivity contribution is 7.09. The molecule has 1 fully saturated rings. The Labute approximate surface area is 173 Å². The van der Waals surface area contributed by atoms with Crippen LogP contribution in [0.1, 0.15) is 28.8 Å². The van der Waals surface area contributed by atoms with Crippen molar-refractivity contribution in [2.75, 3.05) is 13.1 Å². The van der Waals surface area contributed by atoms with Gasteiger partial charge in [-0.15, -0.1) is 17.9 Å². The van der Waals surface area contributed by atoms with Gasteiger partial charge in [0.25, 0.3) is 5.91 Å². The summed E-state index contributed by atoms with van der Waals surface area (Å²) >= 11 is 1.56. The van der Waals surface area contributed by atoms with E-state index in [0.717, 1.165) is 33.7 Å². The molecule has 1 atom stereocenters. The van der Waals surface area contributed by atoms with E-state index in [2.05, 4.69) is 11.9 Å². The monoisotopic (exact) mass is 409 g/mol. The number of carbonyl (C=O) groups is 3. The van der Waals surface area contributed by atoms with E-state index < -0.39 is 11.6 Å². The molecule has 150 valence electrons. The van der Waals surface area contributed by atoms with E-state index in [1.807, 2.05) is 41.8 Å². The summed E-state index contributed by atoms with van der Waals surface area (Å²) in [6.45, 7) is 4.23. The number of hydrogen-bond donors (Lipinski definition) is 1. The fraction of sp³-hybridized carbons (Fsp3) is 0.318. The SMILES string of the molecule is C=CCN(Cc1cccs1)C(=O)CN1C(=O)N[C@]2(CCCc3ccccc32)C1=O. The van der Waals surface area contributed by atoms with Crippen molar-refractivity contribution in [3.05, 3.63) is 70.4 Å². The van der Waals surface area contributed by atoms with Gasteiger partial charge in [-0.3, -0.25) is 14.5 Å². The molecule has 1 aromatic heterocycles. The van der Waals surface area contributed by atoms with Crippen molar-refractivity contribution in [2.45, 2.75) is 31.3 Å². The Kier molecular flexibility index (Phi) is 5.24. The molecule has 1 aliphatic heterocycles. The maximum Gasteiger partial charge on any atom is 0.325 e. The molecule has 0 unspecified atom stereocenters. The van der Waals surface area contributed by atoms with Gasteiger partial charge in [-0.1, -0.05) is 36.4 Å². The molecule has 0 radical (unpaired) electrons. The Hall–Kier alpha value is -2.93. The van der Waals surface area contributed by atoms with Crippen LogP contribution in [0.5, 0.6) is 0 Å². The summed E-state index contributed by atoms with van der Waals surface area (Å²) < 4.78 is 0. The molecule has 4 rings (SSSR count). The number of rotatable bonds is 6. The lowest BCUT2D eigenvalue weighted by Gasteiger charge is -2.33. The molecule has 1 aliphatic carbocycles. The molecule has 4 amide bonds. The van der Waals surface area contributed by atoms with Crippen LogP contribution in [0.25, 0.3) is 0 Å². The van der Waals surface area contributed by atoms with Crippen molar-refractivity contribution in [3.8, 4) is 0 Å². The van der Waals surface area contributed by atoms with E-state index in [1.165, 1.54) is 0 Å². The van der Waals surface area contributed by atoms with Crippen LogP contribution in [0.15, 0.2) is 54.4 Å². The number of hydrogen-bond acceptors (Lipinski definition) is 4. The molecule has 1 aromatic carbocycles. The number of benzene rings is 1. The molecular formula is C22H23N3O3S. The summed E-state index contributed by atoms with van der Waals surface area (Å²) in [4.78, 5) is 42.7. The van der Waals surface area contributed by atoms with Crippen molar-refractivity contribution >= 4 is 29.2 Å². The molecule has 0 bridgehead atoms. The van der Waals surface area contributed by atoms with Gasteiger partial charge in [0.2, 0.25) is 5.91 Å². The Morgan fingerprint density at radius 1 is 1.28 bits per heavy atom. The molecule has 1 spiro atoms. The van der Waals surface area contributed by atoms with Gasteiger partial charge in [-0.2, -0.15) is 0 Å². The predicted octanol–water partition coefficient (Wildman–Crippen LogP) is 3.05. The van der Waals surface area contributed by atoms with E-state index in [9.17, 15) is 14.4 Å². The summed E-state index contributed by atoms with van der Waals surface area (Å²) in [6, 6.07) is 11.1. The van der Waals surface area contributed by atoms with Crippen molar-refractivity contribution in [2.24, 2.45) is 0 Å². The maximum absolute atomic E-state index is 13.3. The average molecular weight is 410 g/mol. The van der Waals surface area contributed by atoms with E-state index in [-0.39, 0.29) is 18.4 Å². The number of carbonyl (C=O) groups excluding carboxylic acids is 3. The zero-order valence-corrected chi connectivity index (χ0v) is 16.9. The standard InChI is InChI=1S/C22H23N3O3S/c1-2-12-24(14-17-9-6-13-29-17)19(26)15-25-20(27)22(23-21(25)28)11-5-8-16-7-3-4-10-18(16)22/h2-4,6-7,9-10,13H,1,5,8,11-12,14-15H2,(H,23,28)/t22-/m0/s1. The molecule has 1 saturated heterocycles. The highest BCUT2D eigenvalue weighted by atomic mass is 32.1. The summed E-state index contributed by atoms with van der Waals surface area (Å²) in [7, 11) is 0. The van der Waals surface area contributed by atoms with Crippen molar-refractivity contribution in [1.29, 1.82) is 0 Å². The van der Waals surface area contributed by atoms with Gasteiger partial charge in [-0.25, -0.2) is 4.79 Å². The topological polar surface area (TPSA) is 69.7 Å². The second-order valence-corrected chi connectivity index (χ2v) is 8.41. The number of aryl methyl sites for hydroxylation is 1. The quantitative estimate of drug-likeness (QED) is 0.589. The number of nitrogens with one attached hydrogen (secondary N) is 1. The van der Waals surface area contributed by atoms with Gasteiger partial charge in [0.1, 0.15) is 12.1 Å². The molecule has 29 heavy (non-hydrogen) atoms. The number of imide groups is 1. The molecule has 0 saturated carbocycles. The third kappa shape index (κ3) is 3.46. The lowest BCUT2D eigenvalue weighted by molar-refractivity contribution is -0.139. The Morgan fingerprint density at radius 2 is 2.10 bits per heavy atom. The number of amides is 4. The number of thiophene rings is 1. The van der Waals surface area contributed by atoms with Crippen LogP contribution < -0.4 is 5.32 Å². The first-order chi connectivity index (χ1) is 14.0. The zero-order chi connectivity index (χ0) is 20.4. The first-order valence-electron chi connectivity index (χ1n) is 9.69. The number of nitrogens with zero attached hydrogens (tertiary/aromatic N) is 2. The third-order valence-electron chi connectivity index (χ3n) is 5.57. The van der Waals surface area contributed by atoms with Crippen molar-refractivity contribution in [1.82, 2.24) is 15.1 Å². The minimum Gasteiger partial charge on any atom is -0.332 e. The Morgan fingerprint density at radius 3 is 2.86 bits per heavy atom. The van der Waals surface area contributed by atoms with Gasteiger partial charge in [0.15, 0.2) is 0 Å². The van der Waals surface area contributed by atoms with Gasteiger partial charge in [-0.05, 0) is 41.8 Å². The fourth-order valence-corrected chi connectivity index (χ4v) is 4.91. The van der Waals surface area contributed by atoms with E-state index in [4.69, 9.17) is 0 Å². The molecule has 7 heteroatoms. The summed E-state index contributed by atoms with van der Waals surface area (Å²) in [5.74, 6) is -0.611. The molecule has 6 nitrogen and oxygen atoms in total. The fourth-order valence-electron chi connectivity index (χ4n) is 4.19. The maximum atomic E-state index is 13.3. The number of fused-ring (bicyclic) bond motifs is 2. The average Bonchev–Trinajstić information content (AvgIpc) is 3.31. The van der Waals surface area contributed by atoms with Crippen LogP contribution >= 0.6 is 11.3 Å². The molecule has 2 heterocycles. The lowest BCUT2D eigenvalue weighted by atomic mass is 9.76. The Balaban J connectivity index is 1.55. The Bertz CT molecular complexity index is 956. The van der Waals surface area contributed by atoms with Crippen LogP contribution in [0.3, 0.4) is 0 Å².